The second-order valence-corrected chi connectivity index (χ2v) is 4.03. The largest absolute Gasteiger partial charge is 0.119 e. The molecular formula is C10H14. The summed E-state index contributed by atoms with van der Waals surface area (Å²) < 4.78 is 0. The lowest BCUT2D eigenvalue weighted by Gasteiger charge is -2.38. The van der Waals surface area contributed by atoms with Crippen LogP contribution in [-0.2, 0) is 0 Å². The van der Waals surface area contributed by atoms with Crippen molar-refractivity contribution in [2.24, 2.45) is 16.7 Å². The summed E-state index contributed by atoms with van der Waals surface area (Å²) in [6.07, 6.45) is 9.50. The van der Waals surface area contributed by atoms with Gasteiger partial charge in [-0.3, -0.25) is 0 Å². The van der Waals surface area contributed by atoms with E-state index in [0.29, 0.717) is 10.8 Å². The van der Waals surface area contributed by atoms with Crippen LogP contribution in [0.3, 0.4) is 0 Å². The van der Waals surface area contributed by atoms with Crippen LogP contribution in [0.15, 0.2) is 0 Å². The fourth-order valence-electron chi connectivity index (χ4n) is 3.00. The van der Waals surface area contributed by atoms with E-state index < -0.39 is 0 Å². The molecule has 2 rings (SSSR count). The van der Waals surface area contributed by atoms with Gasteiger partial charge in [0.05, 0.1) is 0 Å². The average Bonchev–Trinajstić information content (AvgIpc) is 2.50. The van der Waals surface area contributed by atoms with Crippen LogP contribution in [0, 0.1) is 29.1 Å². The van der Waals surface area contributed by atoms with Crippen molar-refractivity contribution < 1.29 is 0 Å². The van der Waals surface area contributed by atoms with Gasteiger partial charge >= 0.3 is 0 Å². The molecule has 54 valence electrons. The lowest BCUT2D eigenvalue weighted by Crippen LogP contribution is -2.32. The second kappa shape index (κ2) is 1.42. The number of terminal acetylenes is 1. The molecule has 0 heteroatoms. The maximum Gasteiger partial charge on any atom is 0.0400 e. The van der Waals surface area contributed by atoms with Gasteiger partial charge in [0, 0.05) is 5.41 Å². The minimum atomic E-state index is 0.363. The van der Waals surface area contributed by atoms with E-state index in [4.69, 9.17) is 6.42 Å². The summed E-state index contributed by atoms with van der Waals surface area (Å²) in [7, 11) is 0. The molecule has 0 saturated heterocycles. The summed E-state index contributed by atoms with van der Waals surface area (Å²) in [5.74, 6) is 3.80. The maximum atomic E-state index is 5.51. The molecule has 2 saturated carbocycles. The van der Waals surface area contributed by atoms with E-state index in [1.165, 1.54) is 19.3 Å². The summed E-state index contributed by atoms with van der Waals surface area (Å²) in [6, 6.07) is 0. The summed E-state index contributed by atoms with van der Waals surface area (Å²) >= 11 is 0. The summed E-state index contributed by atoms with van der Waals surface area (Å²) in [4.78, 5) is 0. The molecule has 0 aromatic rings. The van der Waals surface area contributed by atoms with Gasteiger partial charge in [-0.25, -0.2) is 0 Å². The molecule has 0 amide bonds. The summed E-state index contributed by atoms with van der Waals surface area (Å²) in [6.45, 7) is 4.56. The molecule has 0 aliphatic heterocycles. The van der Waals surface area contributed by atoms with E-state index in [2.05, 4.69) is 19.8 Å². The van der Waals surface area contributed by atoms with E-state index >= 15 is 0 Å². The Hall–Kier alpha value is -0.440. The molecular weight excluding hydrogens is 120 g/mol. The molecule has 0 radical (unpaired) electrons. The highest BCUT2D eigenvalue weighted by Crippen LogP contribution is 2.81. The third-order valence-corrected chi connectivity index (χ3v) is 3.91. The number of hydrogen-bond donors (Lipinski definition) is 0. The molecule has 0 heterocycles. The highest BCUT2D eigenvalue weighted by atomic mass is 14.8. The van der Waals surface area contributed by atoms with E-state index in [1.807, 2.05) is 0 Å². The number of fused-ring (bicyclic) bond motifs is 1. The Morgan fingerprint density at radius 3 is 2.60 bits per heavy atom. The van der Waals surface area contributed by atoms with Gasteiger partial charge in [0.15, 0.2) is 0 Å². The fraction of sp³-hybridized carbons (Fsp3) is 0.800. The van der Waals surface area contributed by atoms with Crippen LogP contribution in [0.5, 0.6) is 0 Å². The first kappa shape index (κ1) is 6.28. The van der Waals surface area contributed by atoms with Crippen molar-refractivity contribution in [1.82, 2.24) is 0 Å². The van der Waals surface area contributed by atoms with Crippen LogP contribution in [0.25, 0.3) is 0 Å². The first-order chi connectivity index (χ1) is 4.71. The second-order valence-electron chi connectivity index (χ2n) is 4.03. The predicted molar refractivity (Wildman–Crippen MR) is 42.4 cm³/mol. The van der Waals surface area contributed by atoms with Gasteiger partial charge in [-0.2, -0.15) is 0 Å². The molecule has 0 nitrogen and oxygen atoms in total. The Morgan fingerprint density at radius 1 is 1.70 bits per heavy atom. The van der Waals surface area contributed by atoms with Crippen LogP contribution in [-0.4, -0.2) is 0 Å². The monoisotopic (exact) mass is 134 g/mol. The summed E-state index contributed by atoms with van der Waals surface area (Å²) in [5.41, 5.74) is 0.975. The quantitative estimate of drug-likeness (QED) is 0.483. The standard InChI is InChI=1S/C10H14/c1-4-9-6-8(3)10(9,5-2)7-9/h2,8H,4,6-7H2,1,3H3. The van der Waals surface area contributed by atoms with Gasteiger partial charge in [0.2, 0.25) is 0 Å². The minimum absolute atomic E-state index is 0.363. The minimum Gasteiger partial charge on any atom is -0.119 e. The Kier molecular flexibility index (Phi) is 0.892. The normalized spacial score (nSPS) is 56.3. The van der Waals surface area contributed by atoms with Gasteiger partial charge in [0.1, 0.15) is 0 Å². The lowest BCUT2D eigenvalue weighted by atomic mass is 9.65. The smallest absolute Gasteiger partial charge is 0.0400 e. The molecule has 0 spiro atoms. The molecule has 0 aromatic heterocycles. The molecule has 0 N–H and O–H groups in total. The molecule has 0 aromatic carbocycles. The van der Waals surface area contributed by atoms with Crippen molar-refractivity contribution in [2.45, 2.75) is 33.1 Å². The van der Waals surface area contributed by atoms with Crippen LogP contribution < -0.4 is 0 Å². The Morgan fingerprint density at radius 2 is 2.40 bits per heavy atom. The van der Waals surface area contributed by atoms with E-state index in [0.717, 1.165) is 5.92 Å². The lowest BCUT2D eigenvalue weighted by molar-refractivity contribution is 0.135. The SMILES string of the molecule is C#CC12CC1(CC)CC2C. The average molecular weight is 134 g/mol. The third kappa shape index (κ3) is 0.372. The van der Waals surface area contributed by atoms with Gasteiger partial charge in [0.25, 0.3) is 0 Å². The van der Waals surface area contributed by atoms with E-state index in [-0.39, 0.29) is 0 Å². The zero-order valence-corrected chi connectivity index (χ0v) is 6.78. The van der Waals surface area contributed by atoms with Crippen LogP contribution in [0.2, 0.25) is 0 Å². The molecule has 3 atom stereocenters. The van der Waals surface area contributed by atoms with Gasteiger partial charge in [-0.1, -0.05) is 19.8 Å². The first-order valence-corrected chi connectivity index (χ1v) is 4.18. The zero-order valence-electron chi connectivity index (χ0n) is 6.78. The molecule has 2 aliphatic carbocycles. The van der Waals surface area contributed by atoms with Crippen molar-refractivity contribution in [3.63, 3.8) is 0 Å². The van der Waals surface area contributed by atoms with Crippen molar-refractivity contribution in [3.8, 4) is 12.3 Å². The van der Waals surface area contributed by atoms with Gasteiger partial charge in [-0.15, -0.1) is 6.42 Å². The molecule has 3 unspecified atom stereocenters. The fourth-order valence-corrected chi connectivity index (χ4v) is 3.00. The first-order valence-electron chi connectivity index (χ1n) is 4.18. The highest BCUT2D eigenvalue weighted by molar-refractivity contribution is 5.35. The van der Waals surface area contributed by atoms with Crippen molar-refractivity contribution in [3.05, 3.63) is 0 Å². The van der Waals surface area contributed by atoms with Crippen LogP contribution in [0.1, 0.15) is 33.1 Å². The highest BCUT2D eigenvalue weighted by Gasteiger charge is 2.75. The Labute approximate surface area is 63.0 Å². The van der Waals surface area contributed by atoms with Crippen molar-refractivity contribution >= 4 is 0 Å². The van der Waals surface area contributed by atoms with Gasteiger partial charge < -0.3 is 0 Å². The number of rotatable bonds is 1. The summed E-state index contributed by atoms with van der Waals surface area (Å²) in [5, 5.41) is 0. The molecule has 2 aliphatic rings. The zero-order chi connectivity index (χ0) is 7.41. The van der Waals surface area contributed by atoms with Gasteiger partial charge in [-0.05, 0) is 30.6 Å². The number of hydrogen-bond acceptors (Lipinski definition) is 0. The Balaban J connectivity index is 2.23. The maximum absolute atomic E-state index is 5.51. The van der Waals surface area contributed by atoms with Crippen molar-refractivity contribution in [2.75, 3.05) is 0 Å². The Bertz CT molecular complexity index is 211. The topological polar surface area (TPSA) is 0 Å². The predicted octanol–water partition coefficient (Wildman–Crippen LogP) is 2.45. The molecule has 10 heavy (non-hydrogen) atoms. The van der Waals surface area contributed by atoms with E-state index in [9.17, 15) is 0 Å². The third-order valence-electron chi connectivity index (χ3n) is 3.91. The van der Waals surface area contributed by atoms with E-state index in [1.54, 1.807) is 0 Å². The van der Waals surface area contributed by atoms with Crippen LogP contribution in [0.4, 0.5) is 0 Å². The molecule has 2 fully saturated rings. The molecule has 0 bridgehead atoms. The van der Waals surface area contributed by atoms with Crippen molar-refractivity contribution in [1.29, 1.82) is 0 Å². The van der Waals surface area contributed by atoms with Crippen LogP contribution >= 0.6 is 0 Å².